The van der Waals surface area contributed by atoms with Gasteiger partial charge in [-0.15, -0.1) is 12.4 Å². The maximum Gasteiger partial charge on any atom is 0.260 e. The number of nitrogens with one attached hydrogen (secondary N) is 1. The normalized spacial score (nSPS) is 15.7. The van der Waals surface area contributed by atoms with Gasteiger partial charge in [0.25, 0.3) is 5.91 Å². The molecule has 1 fully saturated rings. The van der Waals surface area contributed by atoms with Crippen LogP contribution in [0.3, 0.4) is 0 Å². The van der Waals surface area contributed by atoms with E-state index < -0.39 is 0 Å². The molecule has 1 aromatic carbocycles. The highest BCUT2D eigenvalue weighted by Crippen LogP contribution is 2.12. The summed E-state index contributed by atoms with van der Waals surface area (Å²) in [5.74, 6) is 0.823. The predicted octanol–water partition coefficient (Wildman–Crippen LogP) is 1.70. The molecule has 1 aliphatic rings. The fraction of sp³-hybridized carbons (Fsp3) is 0.500. The summed E-state index contributed by atoms with van der Waals surface area (Å²) in [5, 5.41) is 3.25. The molecule has 0 atom stereocenters. The van der Waals surface area contributed by atoms with Crippen molar-refractivity contribution in [3.05, 3.63) is 30.3 Å². The third-order valence-electron chi connectivity index (χ3n) is 3.36. The van der Waals surface area contributed by atoms with Crippen molar-refractivity contribution in [1.29, 1.82) is 0 Å². The fourth-order valence-corrected chi connectivity index (χ4v) is 2.17. The SMILES string of the molecule is CNC1CCN(C(=O)COc2ccccc2)CC1.Cl. The average Bonchev–Trinajstić information content (AvgIpc) is 2.46. The number of carbonyl (C=O) groups excluding carboxylic acids is 1. The first-order chi connectivity index (χ1) is 8.79. The number of benzene rings is 1. The molecule has 5 heteroatoms. The molecular formula is C14H21ClN2O2. The monoisotopic (exact) mass is 284 g/mol. The fourth-order valence-electron chi connectivity index (χ4n) is 2.17. The molecule has 0 aliphatic carbocycles. The van der Waals surface area contributed by atoms with Crippen molar-refractivity contribution in [2.24, 2.45) is 0 Å². The third kappa shape index (κ3) is 4.73. The zero-order chi connectivity index (χ0) is 12.8. The second-order valence-corrected chi connectivity index (χ2v) is 4.55. The molecule has 0 unspecified atom stereocenters. The smallest absolute Gasteiger partial charge is 0.260 e. The quantitative estimate of drug-likeness (QED) is 0.915. The lowest BCUT2D eigenvalue weighted by molar-refractivity contribution is -0.134. The Labute approximate surface area is 120 Å². The Balaban J connectivity index is 0.00000180. The zero-order valence-corrected chi connectivity index (χ0v) is 12.0. The van der Waals surface area contributed by atoms with Crippen LogP contribution in [0.1, 0.15) is 12.8 Å². The van der Waals surface area contributed by atoms with E-state index in [1.54, 1.807) is 0 Å². The Hall–Kier alpha value is -1.26. The van der Waals surface area contributed by atoms with Crippen LogP contribution in [0.25, 0.3) is 0 Å². The van der Waals surface area contributed by atoms with Gasteiger partial charge in [-0.3, -0.25) is 4.79 Å². The lowest BCUT2D eigenvalue weighted by Gasteiger charge is -2.31. The first-order valence-electron chi connectivity index (χ1n) is 6.42. The summed E-state index contributed by atoms with van der Waals surface area (Å²) in [4.78, 5) is 13.8. The molecule has 1 amide bonds. The van der Waals surface area contributed by atoms with Crippen molar-refractivity contribution in [2.75, 3.05) is 26.7 Å². The maximum atomic E-state index is 11.9. The van der Waals surface area contributed by atoms with Crippen LogP contribution >= 0.6 is 12.4 Å². The minimum absolute atomic E-state index is 0. The number of likely N-dealkylation sites (tertiary alicyclic amines) is 1. The van der Waals surface area contributed by atoms with Gasteiger partial charge in [0.05, 0.1) is 0 Å². The molecular weight excluding hydrogens is 264 g/mol. The summed E-state index contributed by atoms with van der Waals surface area (Å²) in [6.45, 7) is 1.78. The van der Waals surface area contributed by atoms with Crippen molar-refractivity contribution in [3.63, 3.8) is 0 Å². The Morgan fingerprint density at radius 2 is 1.95 bits per heavy atom. The molecule has 0 aromatic heterocycles. The van der Waals surface area contributed by atoms with Crippen LogP contribution < -0.4 is 10.1 Å². The summed E-state index contributed by atoms with van der Waals surface area (Å²) >= 11 is 0. The van der Waals surface area contributed by atoms with Crippen LogP contribution in [0, 0.1) is 0 Å². The largest absolute Gasteiger partial charge is 0.484 e. The molecule has 1 aliphatic heterocycles. The highest BCUT2D eigenvalue weighted by molar-refractivity contribution is 5.85. The van der Waals surface area contributed by atoms with Crippen LogP contribution in [0.4, 0.5) is 0 Å². The molecule has 0 bridgehead atoms. The second kappa shape index (κ2) is 8.02. The molecule has 4 nitrogen and oxygen atoms in total. The highest BCUT2D eigenvalue weighted by atomic mass is 35.5. The minimum atomic E-state index is 0. The van der Waals surface area contributed by atoms with Crippen LogP contribution in [-0.2, 0) is 4.79 Å². The standard InChI is InChI=1S/C14H20N2O2.ClH/c1-15-12-7-9-16(10-8-12)14(17)11-18-13-5-3-2-4-6-13;/h2-6,12,15H,7-11H2,1H3;1H. The van der Waals surface area contributed by atoms with E-state index in [0.717, 1.165) is 31.7 Å². The number of halogens is 1. The van der Waals surface area contributed by atoms with Gasteiger partial charge in [-0.2, -0.15) is 0 Å². The number of carbonyl (C=O) groups is 1. The number of piperidine rings is 1. The molecule has 19 heavy (non-hydrogen) atoms. The van der Waals surface area contributed by atoms with Crippen LogP contribution in [0.5, 0.6) is 5.75 Å². The van der Waals surface area contributed by atoms with E-state index in [0.29, 0.717) is 6.04 Å². The lowest BCUT2D eigenvalue weighted by atomic mass is 10.1. The molecule has 0 saturated carbocycles. The first-order valence-corrected chi connectivity index (χ1v) is 6.42. The van der Waals surface area contributed by atoms with Crippen molar-refractivity contribution < 1.29 is 9.53 Å². The topological polar surface area (TPSA) is 41.6 Å². The van der Waals surface area contributed by atoms with E-state index >= 15 is 0 Å². The van der Waals surface area contributed by atoms with Crippen LogP contribution in [-0.4, -0.2) is 43.6 Å². The van der Waals surface area contributed by atoms with E-state index in [4.69, 9.17) is 4.74 Å². The van der Waals surface area contributed by atoms with Crippen molar-refractivity contribution >= 4 is 18.3 Å². The van der Waals surface area contributed by atoms with Gasteiger partial charge < -0.3 is 15.0 Å². The molecule has 0 radical (unpaired) electrons. The molecule has 1 N–H and O–H groups in total. The number of ether oxygens (including phenoxy) is 1. The Bertz CT molecular complexity index is 378. The summed E-state index contributed by atoms with van der Waals surface area (Å²) in [6.07, 6.45) is 2.04. The van der Waals surface area contributed by atoms with Gasteiger partial charge in [0.15, 0.2) is 6.61 Å². The Kier molecular flexibility index (Phi) is 6.67. The Morgan fingerprint density at radius 3 is 2.53 bits per heavy atom. The number of para-hydroxylation sites is 1. The molecule has 0 spiro atoms. The van der Waals surface area contributed by atoms with E-state index in [-0.39, 0.29) is 24.9 Å². The number of nitrogens with zero attached hydrogens (tertiary/aromatic N) is 1. The van der Waals surface area contributed by atoms with Gasteiger partial charge in [0.2, 0.25) is 0 Å². The first kappa shape index (κ1) is 15.8. The van der Waals surface area contributed by atoms with Gasteiger partial charge in [-0.25, -0.2) is 0 Å². The van der Waals surface area contributed by atoms with Crippen molar-refractivity contribution in [1.82, 2.24) is 10.2 Å². The second-order valence-electron chi connectivity index (χ2n) is 4.55. The predicted molar refractivity (Wildman–Crippen MR) is 77.8 cm³/mol. The van der Waals surface area contributed by atoms with E-state index in [9.17, 15) is 4.79 Å². The minimum Gasteiger partial charge on any atom is -0.484 e. The van der Waals surface area contributed by atoms with E-state index in [1.165, 1.54) is 0 Å². The number of hydrogen-bond acceptors (Lipinski definition) is 3. The number of amides is 1. The highest BCUT2D eigenvalue weighted by Gasteiger charge is 2.21. The molecule has 1 saturated heterocycles. The summed E-state index contributed by atoms with van der Waals surface area (Å²) in [6, 6.07) is 10.00. The molecule has 1 aromatic rings. The summed E-state index contributed by atoms with van der Waals surface area (Å²) in [5.41, 5.74) is 0. The molecule has 1 heterocycles. The van der Waals surface area contributed by atoms with Crippen molar-refractivity contribution in [2.45, 2.75) is 18.9 Å². The van der Waals surface area contributed by atoms with E-state index in [2.05, 4.69) is 5.32 Å². The lowest BCUT2D eigenvalue weighted by Crippen LogP contribution is -2.45. The van der Waals surface area contributed by atoms with E-state index in [1.807, 2.05) is 42.3 Å². The van der Waals surface area contributed by atoms with Gasteiger partial charge in [-0.05, 0) is 32.0 Å². The number of hydrogen-bond donors (Lipinski definition) is 1. The van der Waals surface area contributed by atoms with Crippen LogP contribution in [0.15, 0.2) is 30.3 Å². The molecule has 106 valence electrons. The van der Waals surface area contributed by atoms with Gasteiger partial charge in [0.1, 0.15) is 5.75 Å². The van der Waals surface area contributed by atoms with Crippen molar-refractivity contribution in [3.8, 4) is 5.75 Å². The Morgan fingerprint density at radius 1 is 1.32 bits per heavy atom. The third-order valence-corrected chi connectivity index (χ3v) is 3.36. The average molecular weight is 285 g/mol. The summed E-state index contributed by atoms with van der Waals surface area (Å²) < 4.78 is 5.47. The van der Waals surface area contributed by atoms with Gasteiger partial charge in [-0.1, -0.05) is 18.2 Å². The number of rotatable bonds is 4. The van der Waals surface area contributed by atoms with Crippen LogP contribution in [0.2, 0.25) is 0 Å². The summed E-state index contributed by atoms with van der Waals surface area (Å²) in [7, 11) is 1.97. The molecule has 2 rings (SSSR count). The maximum absolute atomic E-state index is 11.9. The van der Waals surface area contributed by atoms with Gasteiger partial charge in [0, 0.05) is 19.1 Å². The van der Waals surface area contributed by atoms with Gasteiger partial charge >= 0.3 is 0 Å². The zero-order valence-electron chi connectivity index (χ0n) is 11.2.